The number of nitrogens with zero attached hydrogens (tertiary/aromatic N) is 1. The van der Waals surface area contributed by atoms with Crippen LogP contribution in [-0.4, -0.2) is 0 Å². The second-order valence-electron chi connectivity index (χ2n) is 14.9. The number of rotatable bonds is 7. The van der Waals surface area contributed by atoms with Crippen LogP contribution in [-0.2, 0) is 0 Å². The molecule has 1 heterocycles. The summed E-state index contributed by atoms with van der Waals surface area (Å²) in [4.78, 5) is 7.92. The minimum atomic E-state index is -1.75. The molecule has 11 rings (SSSR count). The summed E-state index contributed by atoms with van der Waals surface area (Å²) in [6.45, 7) is 0. The lowest BCUT2D eigenvalue weighted by atomic mass is 9.91. The number of hydrogen-bond donors (Lipinski definition) is 0. The van der Waals surface area contributed by atoms with Crippen LogP contribution in [0.5, 0.6) is 0 Å². The average Bonchev–Trinajstić information content (AvgIpc) is 3.62. The van der Waals surface area contributed by atoms with Crippen LogP contribution in [0.1, 0.15) is 0 Å². The predicted molar refractivity (Wildman–Crippen MR) is 246 cm³/mol. The highest BCUT2D eigenvalue weighted by atomic mass is 32.3. The van der Waals surface area contributed by atoms with Crippen molar-refractivity contribution >= 4 is 48.6 Å². The molecule has 0 spiro atoms. The number of para-hydroxylation sites is 1. The summed E-state index contributed by atoms with van der Waals surface area (Å²) in [6.07, 6.45) is 0. The molecule has 10 aromatic rings. The molecule has 0 saturated heterocycles. The fourth-order valence-corrected chi connectivity index (χ4v) is 13.4. The SMILES string of the molecule is c1ccc(-c2cccc3cccc(-c4ccc(N(c5ccccc5)c5ccc6ccc7c(c6c5)-c5ccccc5S7(c5ccccc5)c5ccccc5)cc4)c23)cc1. The molecular formula is C56H39NS. The molecule has 0 aromatic heterocycles. The number of benzene rings is 10. The molecule has 0 amide bonds. The van der Waals surface area contributed by atoms with Crippen LogP contribution in [0.15, 0.2) is 256 Å². The Bertz CT molecular complexity index is 3040. The fraction of sp³-hybridized carbons (Fsp3) is 0. The molecule has 0 unspecified atom stereocenters. The van der Waals surface area contributed by atoms with E-state index in [9.17, 15) is 0 Å². The van der Waals surface area contributed by atoms with Gasteiger partial charge in [-0.3, -0.25) is 0 Å². The zero-order chi connectivity index (χ0) is 38.5. The third-order valence-electron chi connectivity index (χ3n) is 11.7. The lowest BCUT2D eigenvalue weighted by Crippen LogP contribution is -2.09. The maximum Gasteiger partial charge on any atom is 0.0468 e. The van der Waals surface area contributed by atoms with Crippen molar-refractivity contribution in [2.24, 2.45) is 0 Å². The van der Waals surface area contributed by atoms with Gasteiger partial charge in [-0.05, 0) is 122 Å². The van der Waals surface area contributed by atoms with E-state index in [1.165, 1.54) is 74.5 Å². The van der Waals surface area contributed by atoms with Crippen LogP contribution >= 0.6 is 10.0 Å². The Hall–Kier alpha value is -7.13. The first-order chi connectivity index (χ1) is 28.8. The van der Waals surface area contributed by atoms with Gasteiger partial charge in [0, 0.05) is 42.2 Å². The quantitative estimate of drug-likeness (QED) is 0.156. The summed E-state index contributed by atoms with van der Waals surface area (Å²) in [6, 6.07) is 87.1. The lowest BCUT2D eigenvalue weighted by molar-refractivity contribution is 1.29. The van der Waals surface area contributed by atoms with Gasteiger partial charge in [0.1, 0.15) is 0 Å². The summed E-state index contributed by atoms with van der Waals surface area (Å²) >= 11 is 0. The molecular weight excluding hydrogens is 719 g/mol. The molecule has 274 valence electrons. The van der Waals surface area contributed by atoms with Crippen LogP contribution in [0.2, 0.25) is 0 Å². The first-order valence-corrected chi connectivity index (χ1v) is 21.5. The van der Waals surface area contributed by atoms with Crippen molar-refractivity contribution in [1.82, 2.24) is 0 Å². The van der Waals surface area contributed by atoms with Crippen molar-refractivity contribution < 1.29 is 0 Å². The van der Waals surface area contributed by atoms with Crippen LogP contribution < -0.4 is 4.90 Å². The van der Waals surface area contributed by atoms with E-state index in [-0.39, 0.29) is 0 Å². The predicted octanol–water partition coefficient (Wildman–Crippen LogP) is 16.1. The molecule has 1 nitrogen and oxygen atoms in total. The van der Waals surface area contributed by atoms with Gasteiger partial charge < -0.3 is 4.90 Å². The van der Waals surface area contributed by atoms with Gasteiger partial charge in [-0.25, -0.2) is 0 Å². The molecule has 0 radical (unpaired) electrons. The van der Waals surface area contributed by atoms with Gasteiger partial charge in [0.2, 0.25) is 0 Å². The Labute approximate surface area is 341 Å². The van der Waals surface area contributed by atoms with Gasteiger partial charge in [-0.1, -0.05) is 164 Å². The fourth-order valence-electron chi connectivity index (χ4n) is 9.17. The Morgan fingerprint density at radius 3 is 1.47 bits per heavy atom. The molecule has 10 aromatic carbocycles. The van der Waals surface area contributed by atoms with Crippen LogP contribution in [0.4, 0.5) is 17.1 Å². The maximum absolute atomic E-state index is 2.42. The Morgan fingerprint density at radius 1 is 0.310 bits per heavy atom. The summed E-state index contributed by atoms with van der Waals surface area (Å²) in [5.74, 6) is 0. The molecule has 0 saturated carbocycles. The number of fused-ring (bicyclic) bond motifs is 6. The minimum Gasteiger partial charge on any atom is -0.310 e. The summed E-state index contributed by atoms with van der Waals surface area (Å²) < 4.78 is 0. The topological polar surface area (TPSA) is 3.24 Å². The zero-order valence-electron chi connectivity index (χ0n) is 31.9. The highest BCUT2D eigenvalue weighted by Crippen LogP contribution is 2.80. The average molecular weight is 758 g/mol. The van der Waals surface area contributed by atoms with Crippen LogP contribution in [0.25, 0.3) is 54.9 Å². The Balaban J connectivity index is 1.09. The molecule has 0 N–H and O–H groups in total. The van der Waals surface area contributed by atoms with E-state index in [0.29, 0.717) is 0 Å². The molecule has 0 aliphatic carbocycles. The first-order valence-electron chi connectivity index (χ1n) is 19.9. The summed E-state index contributed by atoms with van der Waals surface area (Å²) in [5, 5.41) is 5.02. The van der Waals surface area contributed by atoms with Gasteiger partial charge in [-0.15, -0.1) is 10.0 Å². The molecule has 0 atom stereocenters. The largest absolute Gasteiger partial charge is 0.310 e. The summed E-state index contributed by atoms with van der Waals surface area (Å²) in [5.41, 5.74) is 10.9. The monoisotopic (exact) mass is 757 g/mol. The van der Waals surface area contributed by atoms with Crippen molar-refractivity contribution in [2.75, 3.05) is 4.90 Å². The second kappa shape index (κ2) is 14.1. The van der Waals surface area contributed by atoms with Crippen molar-refractivity contribution in [3.8, 4) is 33.4 Å². The lowest BCUT2D eigenvalue weighted by Gasteiger charge is -2.39. The Kier molecular flexibility index (Phi) is 8.31. The number of anilines is 3. The van der Waals surface area contributed by atoms with Gasteiger partial charge in [0.25, 0.3) is 0 Å². The van der Waals surface area contributed by atoms with E-state index >= 15 is 0 Å². The Morgan fingerprint density at radius 2 is 0.810 bits per heavy atom. The smallest absolute Gasteiger partial charge is 0.0468 e. The van der Waals surface area contributed by atoms with Gasteiger partial charge >= 0.3 is 0 Å². The van der Waals surface area contributed by atoms with Crippen molar-refractivity contribution in [1.29, 1.82) is 0 Å². The van der Waals surface area contributed by atoms with Gasteiger partial charge in [-0.2, -0.15) is 0 Å². The highest BCUT2D eigenvalue weighted by molar-refractivity contribution is 8.34. The molecule has 58 heavy (non-hydrogen) atoms. The van der Waals surface area contributed by atoms with Gasteiger partial charge in [0.05, 0.1) is 0 Å². The number of hydrogen-bond acceptors (Lipinski definition) is 1. The van der Waals surface area contributed by atoms with Crippen molar-refractivity contribution in [3.05, 3.63) is 237 Å². The molecule has 0 bridgehead atoms. The first kappa shape index (κ1) is 34.1. The van der Waals surface area contributed by atoms with Crippen molar-refractivity contribution in [2.45, 2.75) is 19.6 Å². The van der Waals surface area contributed by atoms with Crippen LogP contribution in [0.3, 0.4) is 0 Å². The van der Waals surface area contributed by atoms with Crippen molar-refractivity contribution in [3.63, 3.8) is 0 Å². The maximum atomic E-state index is 2.42. The standard InChI is InChI=1S/C56H39NS/c1-5-17-40(18-6-1)49-28-15-19-43-20-16-29-50(55(43)49)41-31-35-45(36-32-41)57(44-21-7-2-8-22-44)46-37-33-42-34-38-54-56(52(42)39-46)51-27-13-14-30-53(51)58(54,47-23-9-3-10-24-47)48-25-11-4-12-26-48/h1-39H. The second-order valence-corrected chi connectivity index (χ2v) is 17.9. The molecule has 0 fully saturated rings. The van der Waals surface area contributed by atoms with E-state index in [1.54, 1.807) is 0 Å². The van der Waals surface area contributed by atoms with E-state index in [4.69, 9.17) is 0 Å². The van der Waals surface area contributed by atoms with E-state index in [2.05, 4.69) is 241 Å². The third-order valence-corrected chi connectivity index (χ3v) is 15.6. The minimum absolute atomic E-state index is 1.11. The van der Waals surface area contributed by atoms with Gasteiger partial charge in [0.15, 0.2) is 0 Å². The zero-order valence-corrected chi connectivity index (χ0v) is 32.7. The molecule has 1 aliphatic heterocycles. The van der Waals surface area contributed by atoms with E-state index < -0.39 is 10.0 Å². The van der Waals surface area contributed by atoms with E-state index in [0.717, 1.165) is 17.1 Å². The third kappa shape index (κ3) is 5.41. The van der Waals surface area contributed by atoms with Crippen LogP contribution in [0, 0.1) is 0 Å². The molecule has 2 heteroatoms. The summed E-state index contributed by atoms with van der Waals surface area (Å²) in [7, 11) is -1.75. The normalized spacial score (nSPS) is 13.2. The van der Waals surface area contributed by atoms with E-state index in [1.807, 2.05) is 0 Å². The molecule has 1 aliphatic rings. The highest BCUT2D eigenvalue weighted by Gasteiger charge is 2.42.